The number of hydrogen-bond acceptors (Lipinski definition) is 14. The predicted molar refractivity (Wildman–Crippen MR) is 260 cm³/mol. The number of rotatable bonds is 18. The summed E-state index contributed by atoms with van der Waals surface area (Å²) in [7, 11) is 0. The minimum Gasteiger partial charge on any atom is -0.463 e. The molecular formula is C58H58O14. The summed E-state index contributed by atoms with van der Waals surface area (Å²) in [6.07, 6.45) is -12.5. The van der Waals surface area contributed by atoms with Crippen molar-refractivity contribution in [2.24, 2.45) is 0 Å². The number of ether oxygens (including phenoxy) is 11. The van der Waals surface area contributed by atoms with Gasteiger partial charge in [-0.05, 0) is 39.9 Å². The van der Waals surface area contributed by atoms with Gasteiger partial charge in [0.05, 0.1) is 58.0 Å². The lowest BCUT2D eigenvalue weighted by atomic mass is 9.95. The average Bonchev–Trinajstić information content (AvgIpc) is 3.43. The summed E-state index contributed by atoms with van der Waals surface area (Å²) in [6, 6.07) is 56.4. The van der Waals surface area contributed by atoms with E-state index in [1.165, 1.54) is 0 Å². The van der Waals surface area contributed by atoms with E-state index in [1.54, 1.807) is 30.3 Å². The zero-order valence-corrected chi connectivity index (χ0v) is 39.7. The van der Waals surface area contributed by atoms with E-state index >= 15 is 0 Å². The number of carbonyl (C=O) groups is 3. The summed E-state index contributed by atoms with van der Waals surface area (Å²) in [5, 5.41) is 0. The fourth-order valence-electron chi connectivity index (χ4n) is 8.76. The van der Waals surface area contributed by atoms with Gasteiger partial charge >= 0.3 is 17.9 Å². The molecule has 3 aliphatic rings. The van der Waals surface area contributed by atoms with Gasteiger partial charge in [-0.2, -0.15) is 0 Å². The highest BCUT2D eigenvalue weighted by Crippen LogP contribution is 2.37. The zero-order valence-electron chi connectivity index (χ0n) is 39.7. The minimum atomic E-state index is -1.44. The van der Waals surface area contributed by atoms with E-state index in [1.807, 2.05) is 152 Å². The van der Waals surface area contributed by atoms with Crippen LogP contribution in [0.2, 0.25) is 0 Å². The van der Waals surface area contributed by atoms with E-state index in [4.69, 9.17) is 52.1 Å². The van der Waals surface area contributed by atoms with Crippen molar-refractivity contribution in [2.75, 3.05) is 13.2 Å². The Labute approximate surface area is 418 Å². The molecular weight excluding hydrogens is 921 g/mol. The highest BCUT2D eigenvalue weighted by molar-refractivity contribution is 5.89. The first-order valence-electron chi connectivity index (χ1n) is 24.2. The number of benzene rings is 6. The van der Waals surface area contributed by atoms with Gasteiger partial charge < -0.3 is 52.1 Å². The van der Waals surface area contributed by atoms with E-state index in [0.29, 0.717) is 0 Å². The van der Waals surface area contributed by atoms with Gasteiger partial charge in [0.2, 0.25) is 0 Å². The highest BCUT2D eigenvalue weighted by atomic mass is 16.8. The quantitative estimate of drug-likeness (QED) is 0.0598. The van der Waals surface area contributed by atoms with Crippen LogP contribution >= 0.6 is 0 Å². The minimum absolute atomic E-state index is 0.0358. The van der Waals surface area contributed by atoms with E-state index < -0.39 is 79.3 Å². The first-order valence-corrected chi connectivity index (χ1v) is 24.2. The van der Waals surface area contributed by atoms with Crippen molar-refractivity contribution in [1.29, 1.82) is 0 Å². The van der Waals surface area contributed by atoms with E-state index in [0.717, 1.165) is 27.8 Å². The first-order chi connectivity index (χ1) is 35.4. The maximum Gasteiger partial charge on any atom is 0.338 e. The average molecular weight is 979 g/mol. The molecule has 374 valence electrons. The molecule has 0 amide bonds. The number of hydrogen-bond donors (Lipinski definition) is 0. The molecule has 0 saturated carbocycles. The lowest BCUT2D eigenvalue weighted by molar-refractivity contribution is -0.370. The molecule has 3 saturated heterocycles. The molecule has 6 aromatic rings. The molecule has 0 unspecified atom stereocenters. The van der Waals surface area contributed by atoms with Crippen molar-refractivity contribution < 1.29 is 66.5 Å². The Hall–Kier alpha value is -6.59. The van der Waals surface area contributed by atoms with Crippen molar-refractivity contribution >= 4 is 17.9 Å². The molecule has 3 aliphatic heterocycles. The summed E-state index contributed by atoms with van der Waals surface area (Å²) in [5.74, 6) is -2.19. The van der Waals surface area contributed by atoms with Gasteiger partial charge in [0, 0.05) is 0 Å². The second-order valence-corrected chi connectivity index (χ2v) is 17.6. The van der Waals surface area contributed by atoms with E-state index in [2.05, 4.69) is 0 Å². The maximum absolute atomic E-state index is 14.2. The van der Waals surface area contributed by atoms with Crippen LogP contribution in [0.3, 0.4) is 0 Å². The van der Waals surface area contributed by atoms with Gasteiger partial charge in [-0.25, -0.2) is 4.79 Å². The highest BCUT2D eigenvalue weighted by Gasteiger charge is 2.56. The second kappa shape index (κ2) is 25.7. The van der Waals surface area contributed by atoms with E-state index in [9.17, 15) is 14.4 Å². The smallest absolute Gasteiger partial charge is 0.338 e. The summed E-state index contributed by atoms with van der Waals surface area (Å²) in [5.41, 5.74) is 4.56. The Bertz CT molecular complexity index is 2570. The third-order valence-electron chi connectivity index (χ3n) is 12.4. The molecule has 0 spiro atoms. The summed E-state index contributed by atoms with van der Waals surface area (Å²) < 4.78 is 73.0. The molecule has 0 aliphatic carbocycles. The van der Waals surface area contributed by atoms with Crippen LogP contribution in [0, 0.1) is 0 Å². The third-order valence-corrected chi connectivity index (χ3v) is 12.4. The fraction of sp³-hybridized carbons (Fsp3) is 0.328. The van der Waals surface area contributed by atoms with Gasteiger partial charge in [-0.15, -0.1) is 0 Å². The summed E-state index contributed by atoms with van der Waals surface area (Å²) in [6.45, 7) is 0.228. The molecule has 0 N–H and O–H groups in total. The Morgan fingerprint density at radius 2 is 0.917 bits per heavy atom. The third kappa shape index (κ3) is 13.9. The maximum atomic E-state index is 14.2. The largest absolute Gasteiger partial charge is 0.463 e. The molecule has 0 radical (unpaired) electrons. The standard InChI is InChI=1S/C58H58O14/c59-48-31-32-49(60)70-53-51(46(38-62-33-40-19-7-1-8-20-40)68-57(67-37-44-27-15-5-16-28-44)55(53)71-56(61)45-29-17-6-18-30-45)72-58-54(66-36-43-25-13-4-14-26-43)52(65-35-42-23-11-3-12-24-42)50(47(69-58)39-63-48)64-34-41-21-9-2-10-22-41/h1-30,46-47,50-55,57-58H,31-39H2/t46-,47+,50+,51-,52-,53+,54-,55-,57+,58-/m0/s1. The van der Waals surface area contributed by atoms with Crippen molar-refractivity contribution in [2.45, 2.75) is 107 Å². The Balaban J connectivity index is 1.13. The van der Waals surface area contributed by atoms with Crippen LogP contribution in [0.25, 0.3) is 0 Å². The van der Waals surface area contributed by atoms with Gasteiger partial charge in [0.25, 0.3) is 0 Å². The monoisotopic (exact) mass is 978 g/mol. The molecule has 6 aromatic carbocycles. The second-order valence-electron chi connectivity index (χ2n) is 17.6. The molecule has 10 atom stereocenters. The lowest BCUT2D eigenvalue weighted by Crippen LogP contribution is -2.66. The number of cyclic esters (lactones) is 1. The predicted octanol–water partition coefficient (Wildman–Crippen LogP) is 8.49. The fourth-order valence-corrected chi connectivity index (χ4v) is 8.76. The van der Waals surface area contributed by atoms with Crippen LogP contribution in [0.5, 0.6) is 0 Å². The van der Waals surface area contributed by atoms with Crippen LogP contribution in [-0.4, -0.2) is 92.5 Å². The molecule has 14 nitrogen and oxygen atoms in total. The zero-order chi connectivity index (χ0) is 49.3. The van der Waals surface area contributed by atoms with Crippen LogP contribution in [0.15, 0.2) is 182 Å². The molecule has 72 heavy (non-hydrogen) atoms. The Morgan fingerprint density at radius 1 is 0.458 bits per heavy atom. The Kier molecular flexibility index (Phi) is 18.0. The van der Waals surface area contributed by atoms with Gasteiger partial charge in [-0.3, -0.25) is 9.59 Å². The lowest BCUT2D eigenvalue weighted by Gasteiger charge is -2.49. The van der Waals surface area contributed by atoms with Gasteiger partial charge in [0.15, 0.2) is 24.8 Å². The molecule has 14 heteroatoms. The summed E-state index contributed by atoms with van der Waals surface area (Å²) >= 11 is 0. The molecule has 9 rings (SSSR count). The first kappa shape index (κ1) is 50.4. The van der Waals surface area contributed by atoms with Crippen molar-refractivity contribution in [1.82, 2.24) is 0 Å². The van der Waals surface area contributed by atoms with Crippen LogP contribution < -0.4 is 0 Å². The van der Waals surface area contributed by atoms with Crippen LogP contribution in [0.1, 0.15) is 51.0 Å². The van der Waals surface area contributed by atoms with Crippen molar-refractivity contribution in [3.63, 3.8) is 0 Å². The molecule has 3 fully saturated rings. The number of fused-ring (bicyclic) bond motifs is 3. The number of carbonyl (C=O) groups excluding carboxylic acids is 3. The molecule has 2 bridgehead atoms. The number of esters is 3. The Morgan fingerprint density at radius 3 is 1.46 bits per heavy atom. The van der Waals surface area contributed by atoms with Crippen molar-refractivity contribution in [3.8, 4) is 0 Å². The van der Waals surface area contributed by atoms with Gasteiger partial charge in [-0.1, -0.05) is 170 Å². The van der Waals surface area contributed by atoms with Crippen molar-refractivity contribution in [3.05, 3.63) is 215 Å². The van der Waals surface area contributed by atoms with E-state index in [-0.39, 0.29) is 64.7 Å². The van der Waals surface area contributed by atoms with Gasteiger partial charge in [0.1, 0.15) is 43.2 Å². The molecule has 0 aromatic heterocycles. The topological polar surface area (TPSA) is 153 Å². The normalized spacial score (nSPS) is 25.6. The molecule has 3 heterocycles. The summed E-state index contributed by atoms with van der Waals surface area (Å²) in [4.78, 5) is 41.9. The van der Waals surface area contributed by atoms with Crippen LogP contribution in [-0.2, 0) is 94.7 Å². The SMILES string of the molecule is O=C1CCC(=O)O[C@H]2[C@H](OC(=O)c3ccccc3)[C@H](OCc3ccccc3)O[C@@H](COCc3ccccc3)[C@@H]2O[C@@H]2O[C@H](CO1)[C@@H](OCc1ccccc1)[C@H](OCc1ccccc1)[C@@H]2OCc1ccccc1. The van der Waals surface area contributed by atoms with Crippen LogP contribution in [0.4, 0.5) is 0 Å².